The third kappa shape index (κ3) is 8.09. The predicted octanol–water partition coefficient (Wildman–Crippen LogP) is 0.344. The maximum atomic E-state index is 10.8. The van der Waals surface area contributed by atoms with Gasteiger partial charge >= 0.3 is 0 Å². The molecular formula is C10H23IN4O2S. The number of guanidine groups is 1. The van der Waals surface area contributed by atoms with Gasteiger partial charge in [0.2, 0.25) is 10.0 Å². The van der Waals surface area contributed by atoms with Crippen LogP contribution in [0.25, 0.3) is 0 Å². The van der Waals surface area contributed by atoms with E-state index in [1.807, 2.05) is 0 Å². The molecule has 0 atom stereocenters. The first-order chi connectivity index (χ1) is 7.99. The van der Waals surface area contributed by atoms with E-state index in [-0.39, 0.29) is 24.0 Å². The molecule has 0 saturated carbocycles. The van der Waals surface area contributed by atoms with Gasteiger partial charge in [0.25, 0.3) is 0 Å². The average molecular weight is 390 g/mol. The molecule has 1 rings (SSSR count). The van der Waals surface area contributed by atoms with Gasteiger partial charge in [0.05, 0.1) is 12.8 Å². The minimum Gasteiger partial charge on any atom is -0.370 e. The van der Waals surface area contributed by atoms with Crippen LogP contribution >= 0.6 is 24.0 Å². The number of hydrogen-bond acceptors (Lipinski definition) is 3. The van der Waals surface area contributed by atoms with Gasteiger partial charge in [0.1, 0.15) is 0 Å². The fraction of sp³-hybridized carbons (Fsp3) is 0.900. The monoisotopic (exact) mass is 390 g/mol. The Kier molecular flexibility index (Phi) is 8.87. The summed E-state index contributed by atoms with van der Waals surface area (Å²) in [5.74, 6) is 0.530. The largest absolute Gasteiger partial charge is 0.370 e. The maximum Gasteiger partial charge on any atom is 0.208 e. The topological polar surface area (TPSA) is 87.8 Å². The Balaban J connectivity index is 0.00000289. The predicted molar refractivity (Wildman–Crippen MR) is 84.8 cm³/mol. The summed E-state index contributed by atoms with van der Waals surface area (Å²) < 4.78 is 24.0. The SMILES string of the molecule is CS(=O)(=O)NCCN=C(N)N1CCCCCC1.I. The Morgan fingerprint density at radius 3 is 2.33 bits per heavy atom. The molecule has 0 aromatic heterocycles. The van der Waals surface area contributed by atoms with Crippen LogP contribution in [-0.4, -0.2) is 51.7 Å². The summed E-state index contributed by atoms with van der Waals surface area (Å²) in [4.78, 5) is 6.26. The van der Waals surface area contributed by atoms with E-state index in [9.17, 15) is 8.42 Å². The van der Waals surface area contributed by atoms with Crippen LogP contribution in [-0.2, 0) is 10.0 Å². The first-order valence-electron chi connectivity index (χ1n) is 5.98. The molecule has 1 saturated heterocycles. The second-order valence-electron chi connectivity index (χ2n) is 4.31. The Morgan fingerprint density at radius 2 is 1.83 bits per heavy atom. The molecule has 0 amide bonds. The molecule has 1 aliphatic heterocycles. The molecule has 0 unspecified atom stereocenters. The van der Waals surface area contributed by atoms with E-state index in [0.29, 0.717) is 19.0 Å². The van der Waals surface area contributed by atoms with Crippen LogP contribution in [0.2, 0.25) is 0 Å². The van der Waals surface area contributed by atoms with Gasteiger partial charge in [-0.3, -0.25) is 4.99 Å². The molecule has 1 heterocycles. The third-order valence-corrected chi connectivity index (χ3v) is 3.41. The summed E-state index contributed by atoms with van der Waals surface area (Å²) in [5.41, 5.74) is 5.87. The van der Waals surface area contributed by atoms with Gasteiger partial charge < -0.3 is 10.6 Å². The van der Waals surface area contributed by atoms with Crippen molar-refractivity contribution in [1.82, 2.24) is 9.62 Å². The highest BCUT2D eigenvalue weighted by Gasteiger charge is 2.10. The van der Waals surface area contributed by atoms with E-state index in [2.05, 4.69) is 14.6 Å². The molecular weight excluding hydrogens is 367 g/mol. The quantitative estimate of drug-likeness (QED) is 0.314. The number of rotatable bonds is 4. The lowest BCUT2D eigenvalue weighted by Gasteiger charge is -2.21. The van der Waals surface area contributed by atoms with Gasteiger partial charge in [-0.25, -0.2) is 13.1 Å². The van der Waals surface area contributed by atoms with Gasteiger partial charge in [-0.15, -0.1) is 24.0 Å². The molecule has 0 aliphatic carbocycles. The van der Waals surface area contributed by atoms with Crippen molar-refractivity contribution < 1.29 is 8.42 Å². The second kappa shape index (κ2) is 8.92. The minimum absolute atomic E-state index is 0. The number of halogens is 1. The molecule has 6 nitrogen and oxygen atoms in total. The number of sulfonamides is 1. The van der Waals surface area contributed by atoms with Crippen molar-refractivity contribution >= 4 is 40.0 Å². The zero-order chi connectivity index (χ0) is 12.7. The van der Waals surface area contributed by atoms with Crippen molar-refractivity contribution in [3.05, 3.63) is 0 Å². The number of aliphatic imine (C=N–C) groups is 1. The van der Waals surface area contributed by atoms with Crippen LogP contribution in [0.3, 0.4) is 0 Å². The van der Waals surface area contributed by atoms with E-state index < -0.39 is 10.0 Å². The highest BCUT2D eigenvalue weighted by molar-refractivity contribution is 14.0. The number of nitrogens with zero attached hydrogens (tertiary/aromatic N) is 2. The van der Waals surface area contributed by atoms with Crippen LogP contribution in [0.4, 0.5) is 0 Å². The first kappa shape index (κ1) is 17.9. The molecule has 1 aliphatic rings. The zero-order valence-corrected chi connectivity index (χ0v) is 13.9. The average Bonchev–Trinajstić information content (AvgIpc) is 2.51. The van der Waals surface area contributed by atoms with Gasteiger partial charge in [-0.1, -0.05) is 12.8 Å². The number of likely N-dealkylation sites (tertiary alicyclic amines) is 1. The van der Waals surface area contributed by atoms with Crippen molar-refractivity contribution in [2.45, 2.75) is 25.7 Å². The third-order valence-electron chi connectivity index (χ3n) is 2.68. The normalized spacial score (nSPS) is 18.1. The highest BCUT2D eigenvalue weighted by atomic mass is 127. The van der Waals surface area contributed by atoms with Crippen molar-refractivity contribution in [2.24, 2.45) is 10.7 Å². The van der Waals surface area contributed by atoms with Gasteiger partial charge in [-0.05, 0) is 12.8 Å². The minimum atomic E-state index is -3.13. The molecule has 0 bridgehead atoms. The Bertz CT molecular complexity index is 351. The maximum absolute atomic E-state index is 10.8. The van der Waals surface area contributed by atoms with E-state index in [4.69, 9.17) is 5.73 Å². The van der Waals surface area contributed by atoms with Crippen molar-refractivity contribution in [2.75, 3.05) is 32.4 Å². The van der Waals surface area contributed by atoms with Gasteiger partial charge in [0, 0.05) is 19.6 Å². The molecule has 0 spiro atoms. The van der Waals surface area contributed by atoms with Crippen LogP contribution in [0, 0.1) is 0 Å². The molecule has 0 radical (unpaired) electrons. The van der Waals surface area contributed by atoms with E-state index in [1.165, 1.54) is 12.8 Å². The molecule has 1 fully saturated rings. The van der Waals surface area contributed by atoms with E-state index >= 15 is 0 Å². The fourth-order valence-electron chi connectivity index (χ4n) is 1.80. The molecule has 8 heteroatoms. The Hall–Kier alpha value is -0.0900. The first-order valence-corrected chi connectivity index (χ1v) is 7.88. The Morgan fingerprint density at radius 1 is 1.28 bits per heavy atom. The molecule has 108 valence electrons. The zero-order valence-electron chi connectivity index (χ0n) is 10.8. The second-order valence-corrected chi connectivity index (χ2v) is 6.14. The molecule has 18 heavy (non-hydrogen) atoms. The van der Waals surface area contributed by atoms with Crippen molar-refractivity contribution in [3.8, 4) is 0 Å². The number of nitrogens with one attached hydrogen (secondary N) is 1. The number of hydrogen-bond donors (Lipinski definition) is 2. The summed E-state index contributed by atoms with van der Waals surface area (Å²) in [6, 6.07) is 0. The van der Waals surface area contributed by atoms with Crippen LogP contribution in [0.15, 0.2) is 4.99 Å². The lowest BCUT2D eigenvalue weighted by molar-refractivity contribution is 0.428. The number of nitrogens with two attached hydrogens (primary N) is 1. The standard InChI is InChI=1S/C10H22N4O2S.HI/c1-17(15,16)13-7-6-12-10(11)14-8-4-2-3-5-9-14;/h13H,2-9H2,1H3,(H2,11,12);1H. The lowest BCUT2D eigenvalue weighted by atomic mass is 10.2. The van der Waals surface area contributed by atoms with E-state index in [0.717, 1.165) is 32.2 Å². The lowest BCUT2D eigenvalue weighted by Crippen LogP contribution is -2.38. The van der Waals surface area contributed by atoms with Crippen LogP contribution in [0.1, 0.15) is 25.7 Å². The Labute approximate surface area is 126 Å². The van der Waals surface area contributed by atoms with Crippen molar-refractivity contribution in [1.29, 1.82) is 0 Å². The summed E-state index contributed by atoms with van der Waals surface area (Å²) in [6.45, 7) is 2.59. The smallest absolute Gasteiger partial charge is 0.208 e. The summed E-state index contributed by atoms with van der Waals surface area (Å²) in [7, 11) is -3.13. The fourth-order valence-corrected chi connectivity index (χ4v) is 2.26. The molecule has 0 aromatic carbocycles. The van der Waals surface area contributed by atoms with Gasteiger partial charge in [-0.2, -0.15) is 0 Å². The summed E-state index contributed by atoms with van der Waals surface area (Å²) in [5, 5.41) is 0. The summed E-state index contributed by atoms with van der Waals surface area (Å²) in [6.07, 6.45) is 5.93. The van der Waals surface area contributed by atoms with E-state index in [1.54, 1.807) is 0 Å². The molecule has 0 aromatic rings. The van der Waals surface area contributed by atoms with Gasteiger partial charge in [0.15, 0.2) is 5.96 Å². The van der Waals surface area contributed by atoms with Crippen molar-refractivity contribution in [3.63, 3.8) is 0 Å². The van der Waals surface area contributed by atoms with Crippen LogP contribution in [0.5, 0.6) is 0 Å². The summed E-state index contributed by atoms with van der Waals surface area (Å²) >= 11 is 0. The highest BCUT2D eigenvalue weighted by Crippen LogP contribution is 2.08. The van der Waals surface area contributed by atoms with Crippen LogP contribution < -0.4 is 10.5 Å². The molecule has 3 N–H and O–H groups in total.